The van der Waals surface area contributed by atoms with Crippen LogP contribution in [0.3, 0.4) is 0 Å². The van der Waals surface area contributed by atoms with Gasteiger partial charge in [-0.2, -0.15) is 0 Å². The first kappa shape index (κ1) is 15.8. The normalized spacial score (nSPS) is 10.9. The van der Waals surface area contributed by atoms with Gasteiger partial charge in [-0.1, -0.05) is 42.0 Å². The second-order valence-electron chi connectivity index (χ2n) is 4.92. The molecule has 0 spiro atoms. The summed E-state index contributed by atoms with van der Waals surface area (Å²) in [5, 5.41) is 9.89. The second-order valence-corrected chi connectivity index (χ2v) is 4.92. The Hall–Kier alpha value is -2.62. The fraction of sp³-hybridized carbons (Fsp3) is 0.167. The van der Waals surface area contributed by atoms with Crippen LogP contribution in [0, 0.1) is 6.92 Å². The van der Waals surface area contributed by atoms with Crippen LogP contribution in [0.1, 0.15) is 27.0 Å². The SMILES string of the molecule is COc1cc(/C=C/c2ccc(C)cc2)cc(C(=O)CF)c1O. The van der Waals surface area contributed by atoms with Crippen molar-refractivity contribution in [2.24, 2.45) is 0 Å². The van der Waals surface area contributed by atoms with Crippen LogP contribution in [0.2, 0.25) is 0 Å². The number of carbonyl (C=O) groups excluding carboxylic acids is 1. The summed E-state index contributed by atoms with van der Waals surface area (Å²) in [7, 11) is 1.38. The van der Waals surface area contributed by atoms with E-state index >= 15 is 0 Å². The van der Waals surface area contributed by atoms with E-state index in [9.17, 15) is 14.3 Å². The molecule has 2 rings (SSSR count). The van der Waals surface area contributed by atoms with Gasteiger partial charge < -0.3 is 9.84 Å². The number of rotatable bonds is 5. The molecule has 0 saturated heterocycles. The Balaban J connectivity index is 2.38. The first-order valence-corrected chi connectivity index (χ1v) is 6.80. The highest BCUT2D eigenvalue weighted by Gasteiger charge is 2.16. The number of ether oxygens (including phenoxy) is 1. The summed E-state index contributed by atoms with van der Waals surface area (Å²) in [6, 6.07) is 11.0. The number of phenolic OH excluding ortho intramolecular Hbond substituents is 1. The Morgan fingerprint density at radius 2 is 1.82 bits per heavy atom. The van der Waals surface area contributed by atoms with Gasteiger partial charge in [0.25, 0.3) is 0 Å². The summed E-state index contributed by atoms with van der Waals surface area (Å²) in [4.78, 5) is 11.6. The lowest BCUT2D eigenvalue weighted by Crippen LogP contribution is -2.03. The van der Waals surface area contributed by atoms with Crippen LogP contribution in [-0.4, -0.2) is 24.7 Å². The van der Waals surface area contributed by atoms with E-state index in [0.717, 1.165) is 5.56 Å². The zero-order valence-corrected chi connectivity index (χ0v) is 12.5. The van der Waals surface area contributed by atoms with Gasteiger partial charge in [0.1, 0.15) is 0 Å². The summed E-state index contributed by atoms with van der Waals surface area (Å²) in [6.07, 6.45) is 3.65. The Kier molecular flexibility index (Phi) is 4.94. The predicted molar refractivity (Wildman–Crippen MR) is 85.1 cm³/mol. The van der Waals surface area contributed by atoms with Gasteiger partial charge >= 0.3 is 0 Å². The molecule has 0 aliphatic rings. The second kappa shape index (κ2) is 6.89. The van der Waals surface area contributed by atoms with E-state index in [-0.39, 0.29) is 17.1 Å². The van der Waals surface area contributed by atoms with Crippen molar-refractivity contribution in [2.45, 2.75) is 6.92 Å². The highest BCUT2D eigenvalue weighted by molar-refractivity contribution is 6.01. The molecule has 0 atom stereocenters. The number of hydrogen-bond acceptors (Lipinski definition) is 3. The molecule has 0 fully saturated rings. The summed E-state index contributed by atoms with van der Waals surface area (Å²) in [6.45, 7) is 0.842. The number of aryl methyl sites for hydroxylation is 1. The first-order valence-electron chi connectivity index (χ1n) is 6.80. The smallest absolute Gasteiger partial charge is 0.197 e. The number of carbonyl (C=O) groups is 1. The quantitative estimate of drug-likeness (QED) is 0.670. The fourth-order valence-corrected chi connectivity index (χ4v) is 2.04. The minimum atomic E-state index is -1.16. The average molecular weight is 300 g/mol. The molecule has 0 radical (unpaired) electrons. The van der Waals surface area contributed by atoms with E-state index in [1.165, 1.54) is 18.7 Å². The van der Waals surface area contributed by atoms with Crippen LogP contribution < -0.4 is 4.74 Å². The summed E-state index contributed by atoms with van der Waals surface area (Å²) in [5.41, 5.74) is 2.73. The van der Waals surface area contributed by atoms with Gasteiger partial charge in [-0.15, -0.1) is 0 Å². The molecular weight excluding hydrogens is 283 g/mol. The number of benzene rings is 2. The van der Waals surface area contributed by atoms with Gasteiger partial charge in [0, 0.05) is 0 Å². The van der Waals surface area contributed by atoms with Gasteiger partial charge in [-0.25, -0.2) is 4.39 Å². The van der Waals surface area contributed by atoms with Gasteiger partial charge in [-0.3, -0.25) is 4.79 Å². The van der Waals surface area contributed by atoms with Crippen molar-refractivity contribution in [2.75, 3.05) is 13.8 Å². The Bertz CT molecular complexity index is 703. The molecule has 0 unspecified atom stereocenters. The molecular formula is C18H17FO3. The van der Waals surface area contributed by atoms with Crippen LogP contribution in [0.25, 0.3) is 12.2 Å². The molecule has 1 N–H and O–H groups in total. The van der Waals surface area contributed by atoms with E-state index < -0.39 is 12.5 Å². The molecule has 0 saturated carbocycles. The van der Waals surface area contributed by atoms with E-state index in [1.54, 1.807) is 12.1 Å². The third-order valence-corrected chi connectivity index (χ3v) is 3.28. The maximum absolute atomic E-state index is 12.6. The van der Waals surface area contributed by atoms with Crippen LogP contribution in [0.15, 0.2) is 36.4 Å². The molecule has 3 nitrogen and oxygen atoms in total. The number of ketones is 1. The maximum Gasteiger partial charge on any atom is 0.197 e. The third-order valence-electron chi connectivity index (χ3n) is 3.28. The van der Waals surface area contributed by atoms with Crippen molar-refractivity contribution in [3.05, 3.63) is 58.7 Å². The van der Waals surface area contributed by atoms with E-state index in [2.05, 4.69) is 0 Å². The Labute approximate surface area is 128 Å². The number of aromatic hydroxyl groups is 1. The molecule has 0 amide bonds. The van der Waals surface area contributed by atoms with Crippen LogP contribution in [-0.2, 0) is 0 Å². The molecule has 0 aliphatic heterocycles. The van der Waals surface area contributed by atoms with E-state index in [0.29, 0.717) is 5.56 Å². The molecule has 0 heterocycles. The highest BCUT2D eigenvalue weighted by Crippen LogP contribution is 2.32. The standard InChI is InChI=1S/C18H17FO3/c1-12-3-5-13(6-4-12)7-8-14-9-15(16(20)11-19)18(21)17(10-14)22-2/h3-10,21H,11H2,1-2H3/b8-7+. The van der Waals surface area contributed by atoms with Crippen molar-refractivity contribution in [1.29, 1.82) is 0 Å². The lowest BCUT2D eigenvalue weighted by molar-refractivity contribution is 0.0955. The summed E-state index contributed by atoms with van der Waals surface area (Å²) in [5.74, 6) is -0.970. The van der Waals surface area contributed by atoms with Crippen LogP contribution in [0.4, 0.5) is 4.39 Å². The minimum Gasteiger partial charge on any atom is -0.504 e. The number of methoxy groups -OCH3 is 1. The highest BCUT2D eigenvalue weighted by atomic mass is 19.1. The minimum absolute atomic E-state index is 0.0783. The number of Topliss-reactive ketones (excluding diaryl/α,β-unsaturated/α-hetero) is 1. The van der Waals surface area contributed by atoms with Crippen LogP contribution in [0.5, 0.6) is 11.5 Å². The number of halogens is 1. The first-order chi connectivity index (χ1) is 10.5. The average Bonchev–Trinajstić information content (AvgIpc) is 2.54. The molecule has 4 heteroatoms. The maximum atomic E-state index is 12.6. The molecule has 2 aromatic rings. The lowest BCUT2D eigenvalue weighted by atomic mass is 10.0. The topological polar surface area (TPSA) is 46.5 Å². The number of phenols is 1. The fourth-order valence-electron chi connectivity index (χ4n) is 2.04. The van der Waals surface area contributed by atoms with E-state index in [1.807, 2.05) is 37.3 Å². The molecule has 114 valence electrons. The van der Waals surface area contributed by atoms with Gasteiger partial charge in [0.2, 0.25) is 0 Å². The number of alkyl halides is 1. The Morgan fingerprint density at radius 3 is 2.41 bits per heavy atom. The zero-order valence-electron chi connectivity index (χ0n) is 12.5. The van der Waals surface area contributed by atoms with Crippen LogP contribution >= 0.6 is 0 Å². The Morgan fingerprint density at radius 1 is 1.18 bits per heavy atom. The van der Waals surface area contributed by atoms with Gasteiger partial charge in [0.15, 0.2) is 24.0 Å². The van der Waals surface area contributed by atoms with Crippen molar-refractivity contribution in [3.8, 4) is 11.5 Å². The third kappa shape index (κ3) is 3.52. The molecule has 0 aliphatic carbocycles. The van der Waals surface area contributed by atoms with Crippen molar-refractivity contribution in [1.82, 2.24) is 0 Å². The molecule has 2 aromatic carbocycles. The van der Waals surface area contributed by atoms with E-state index in [4.69, 9.17) is 4.74 Å². The number of hydrogen-bond donors (Lipinski definition) is 1. The zero-order chi connectivity index (χ0) is 16.1. The molecule has 22 heavy (non-hydrogen) atoms. The monoisotopic (exact) mass is 300 g/mol. The lowest BCUT2D eigenvalue weighted by Gasteiger charge is -2.09. The molecule has 0 aromatic heterocycles. The van der Waals surface area contributed by atoms with Gasteiger partial charge in [0.05, 0.1) is 12.7 Å². The summed E-state index contributed by atoms with van der Waals surface area (Å²) >= 11 is 0. The van der Waals surface area contributed by atoms with Crippen molar-refractivity contribution in [3.63, 3.8) is 0 Å². The molecule has 0 bridgehead atoms. The van der Waals surface area contributed by atoms with Crippen molar-refractivity contribution >= 4 is 17.9 Å². The summed E-state index contributed by atoms with van der Waals surface area (Å²) < 4.78 is 17.6. The van der Waals surface area contributed by atoms with Gasteiger partial charge in [-0.05, 0) is 30.2 Å². The van der Waals surface area contributed by atoms with Crippen molar-refractivity contribution < 1.29 is 19.0 Å². The largest absolute Gasteiger partial charge is 0.504 e. The predicted octanol–water partition coefficient (Wildman–Crippen LogP) is 4.03.